The van der Waals surface area contributed by atoms with E-state index in [1.165, 1.54) is 19.1 Å². The Labute approximate surface area is 110 Å². The molecule has 1 aromatic carbocycles. The molecule has 0 radical (unpaired) electrons. The predicted octanol–water partition coefficient (Wildman–Crippen LogP) is 3.18. The van der Waals surface area contributed by atoms with Crippen LogP contribution >= 0.6 is 0 Å². The van der Waals surface area contributed by atoms with Crippen LogP contribution in [0.5, 0.6) is 0 Å². The van der Waals surface area contributed by atoms with Crippen LogP contribution in [0.15, 0.2) is 18.2 Å². The van der Waals surface area contributed by atoms with E-state index in [-0.39, 0.29) is 5.56 Å². The fourth-order valence-electron chi connectivity index (χ4n) is 1.53. The number of nitro benzene ring substituents is 1. The number of carbonyl (C=O) groups is 1. The lowest BCUT2D eigenvalue weighted by molar-refractivity contribution is -0.387. The maximum absolute atomic E-state index is 13.9. The molecule has 19 heavy (non-hydrogen) atoms. The van der Waals surface area contributed by atoms with E-state index in [0.29, 0.717) is 0 Å². The summed E-state index contributed by atoms with van der Waals surface area (Å²) in [6.07, 6.45) is 0. The summed E-state index contributed by atoms with van der Waals surface area (Å²) < 4.78 is 19.1. The second-order valence-corrected chi connectivity index (χ2v) is 5.19. The molecule has 0 saturated heterocycles. The number of rotatable bonds is 3. The van der Waals surface area contributed by atoms with Crippen LogP contribution in [0.4, 0.5) is 10.1 Å². The molecular weight excluding hydrogens is 253 g/mol. The molecule has 6 heteroatoms. The molecule has 1 aromatic rings. The Morgan fingerprint density at radius 1 is 1.42 bits per heavy atom. The lowest BCUT2D eigenvalue weighted by Crippen LogP contribution is -2.27. The molecule has 1 rings (SSSR count). The van der Waals surface area contributed by atoms with Gasteiger partial charge in [-0.25, -0.2) is 0 Å². The van der Waals surface area contributed by atoms with Crippen molar-refractivity contribution in [2.24, 2.45) is 0 Å². The fourth-order valence-corrected chi connectivity index (χ4v) is 1.53. The number of ether oxygens (including phenoxy) is 1. The van der Waals surface area contributed by atoms with E-state index >= 15 is 0 Å². The lowest BCUT2D eigenvalue weighted by atomic mass is 9.99. The highest BCUT2D eigenvalue weighted by Gasteiger charge is 2.28. The molecule has 0 aliphatic carbocycles. The van der Waals surface area contributed by atoms with Crippen LogP contribution in [0.25, 0.3) is 0 Å². The largest absolute Gasteiger partial charge is 0.460 e. The Balaban J connectivity index is 3.07. The van der Waals surface area contributed by atoms with Crippen molar-refractivity contribution in [1.29, 1.82) is 0 Å². The first-order valence-corrected chi connectivity index (χ1v) is 5.79. The molecule has 1 unspecified atom stereocenters. The zero-order valence-electron chi connectivity index (χ0n) is 11.3. The first kappa shape index (κ1) is 15.1. The van der Waals surface area contributed by atoms with Gasteiger partial charge in [-0.2, -0.15) is 4.39 Å². The molecule has 0 aliphatic rings. The molecule has 0 heterocycles. The minimum atomic E-state index is -0.995. The molecule has 0 bridgehead atoms. The molecule has 0 amide bonds. The molecule has 0 aliphatic heterocycles. The molecule has 0 saturated carbocycles. The summed E-state index contributed by atoms with van der Waals surface area (Å²) in [5.41, 5.74) is -1.38. The molecule has 1 atom stereocenters. The van der Waals surface area contributed by atoms with E-state index in [0.717, 1.165) is 6.07 Å². The Morgan fingerprint density at radius 3 is 2.47 bits per heavy atom. The van der Waals surface area contributed by atoms with Crippen LogP contribution < -0.4 is 0 Å². The molecular formula is C13H16FNO4. The Kier molecular flexibility index (Phi) is 4.24. The minimum Gasteiger partial charge on any atom is -0.460 e. The Bertz CT molecular complexity index is 508. The third kappa shape index (κ3) is 3.74. The summed E-state index contributed by atoms with van der Waals surface area (Å²) in [6.45, 7) is 6.54. The Morgan fingerprint density at radius 2 is 2.00 bits per heavy atom. The predicted molar refractivity (Wildman–Crippen MR) is 67.3 cm³/mol. The normalized spacial score (nSPS) is 12.9. The summed E-state index contributed by atoms with van der Waals surface area (Å²) >= 11 is 0. The zero-order chi connectivity index (χ0) is 14.8. The number of halogens is 1. The number of nitro groups is 1. The van der Waals surface area contributed by atoms with Gasteiger partial charge >= 0.3 is 11.7 Å². The van der Waals surface area contributed by atoms with E-state index in [2.05, 4.69) is 0 Å². The number of benzene rings is 1. The maximum Gasteiger partial charge on any atom is 0.313 e. The quantitative estimate of drug-likeness (QED) is 0.480. The summed E-state index contributed by atoms with van der Waals surface area (Å²) in [6, 6.07) is 3.75. The van der Waals surface area contributed by atoms with Crippen LogP contribution in [0.1, 0.15) is 39.2 Å². The van der Waals surface area contributed by atoms with Gasteiger partial charge in [-0.3, -0.25) is 14.9 Å². The van der Waals surface area contributed by atoms with Gasteiger partial charge in [0.1, 0.15) is 5.60 Å². The molecule has 104 valence electrons. The molecule has 5 nitrogen and oxygen atoms in total. The third-order valence-electron chi connectivity index (χ3n) is 2.43. The summed E-state index contributed by atoms with van der Waals surface area (Å²) in [5, 5.41) is 10.6. The molecule has 0 fully saturated rings. The van der Waals surface area contributed by atoms with E-state index in [4.69, 9.17) is 4.74 Å². The highest BCUT2D eigenvalue weighted by atomic mass is 19.1. The number of nitrogens with zero attached hydrogens (tertiary/aromatic N) is 1. The van der Waals surface area contributed by atoms with Gasteiger partial charge in [-0.15, -0.1) is 0 Å². The number of esters is 1. The summed E-state index contributed by atoms with van der Waals surface area (Å²) in [5.74, 6) is -2.52. The van der Waals surface area contributed by atoms with Crippen LogP contribution in [-0.2, 0) is 9.53 Å². The monoisotopic (exact) mass is 269 g/mol. The van der Waals surface area contributed by atoms with E-state index in [9.17, 15) is 19.3 Å². The van der Waals surface area contributed by atoms with Crippen molar-refractivity contribution in [3.8, 4) is 0 Å². The molecule has 0 aromatic heterocycles. The average molecular weight is 269 g/mol. The van der Waals surface area contributed by atoms with Crippen molar-refractivity contribution in [3.63, 3.8) is 0 Å². The van der Waals surface area contributed by atoms with Crippen LogP contribution in [0, 0.1) is 15.9 Å². The highest BCUT2D eigenvalue weighted by molar-refractivity contribution is 5.78. The maximum atomic E-state index is 13.9. The van der Waals surface area contributed by atoms with E-state index < -0.39 is 33.9 Å². The van der Waals surface area contributed by atoms with Gasteiger partial charge in [0, 0.05) is 11.6 Å². The van der Waals surface area contributed by atoms with Gasteiger partial charge in [-0.05, 0) is 27.7 Å². The van der Waals surface area contributed by atoms with Crippen molar-refractivity contribution in [3.05, 3.63) is 39.7 Å². The van der Waals surface area contributed by atoms with Crippen LogP contribution in [0.2, 0.25) is 0 Å². The van der Waals surface area contributed by atoms with Gasteiger partial charge in [0.2, 0.25) is 5.82 Å². The highest BCUT2D eigenvalue weighted by Crippen LogP contribution is 2.27. The first-order chi connectivity index (χ1) is 8.63. The first-order valence-electron chi connectivity index (χ1n) is 5.79. The van der Waals surface area contributed by atoms with Gasteiger partial charge in [0.05, 0.1) is 10.8 Å². The van der Waals surface area contributed by atoms with E-state index in [1.54, 1.807) is 20.8 Å². The van der Waals surface area contributed by atoms with Gasteiger partial charge < -0.3 is 4.74 Å². The molecule has 0 N–H and O–H groups in total. The smallest absolute Gasteiger partial charge is 0.313 e. The minimum absolute atomic E-state index is 0.0385. The van der Waals surface area contributed by atoms with Gasteiger partial charge in [0.25, 0.3) is 0 Å². The van der Waals surface area contributed by atoms with Crippen molar-refractivity contribution in [2.75, 3.05) is 0 Å². The van der Waals surface area contributed by atoms with Crippen LogP contribution in [0.3, 0.4) is 0 Å². The lowest BCUT2D eigenvalue weighted by Gasteiger charge is -2.22. The topological polar surface area (TPSA) is 69.4 Å². The Hall–Kier alpha value is -1.98. The standard InChI is InChI=1S/C13H16FNO4/c1-8(12(16)19-13(2,3)4)9-6-5-7-10(11(9)14)15(17)18/h5-8H,1-4H3. The van der Waals surface area contributed by atoms with Gasteiger partial charge in [0.15, 0.2) is 0 Å². The second-order valence-electron chi connectivity index (χ2n) is 5.19. The number of hydrogen-bond acceptors (Lipinski definition) is 4. The summed E-state index contributed by atoms with van der Waals surface area (Å²) in [7, 11) is 0. The van der Waals surface area contributed by atoms with Crippen molar-refractivity contribution < 1.29 is 18.8 Å². The van der Waals surface area contributed by atoms with Crippen molar-refractivity contribution in [1.82, 2.24) is 0 Å². The zero-order valence-corrected chi connectivity index (χ0v) is 11.3. The second kappa shape index (κ2) is 5.34. The molecule has 0 spiro atoms. The van der Waals surface area contributed by atoms with Crippen LogP contribution in [-0.4, -0.2) is 16.5 Å². The fraction of sp³-hybridized carbons (Fsp3) is 0.462. The SMILES string of the molecule is CC(C(=O)OC(C)(C)C)c1cccc([N+](=O)[O-])c1F. The van der Waals surface area contributed by atoms with E-state index in [1.807, 2.05) is 0 Å². The van der Waals surface area contributed by atoms with Gasteiger partial charge in [-0.1, -0.05) is 12.1 Å². The average Bonchev–Trinajstić information content (AvgIpc) is 2.25. The van der Waals surface area contributed by atoms with Crippen molar-refractivity contribution >= 4 is 11.7 Å². The summed E-state index contributed by atoms with van der Waals surface area (Å²) in [4.78, 5) is 21.7. The third-order valence-corrected chi connectivity index (χ3v) is 2.43. The number of carbonyl (C=O) groups excluding carboxylic acids is 1. The van der Waals surface area contributed by atoms with Crippen molar-refractivity contribution in [2.45, 2.75) is 39.2 Å². The number of hydrogen-bond donors (Lipinski definition) is 0.